The number of aromatic amines is 1. The standard InChI is InChI=1S/C26H50N6O2/c27-16-8-2-1-7-15-26(22-24(30)33,23-14-13-19-31-23)25(34)32(20-11-5-3-9-17-28)21-12-6-4-10-18-29/h13-14,19,31H,1-12,15-18,20-22,27-29H2,(H2,30,33). The smallest absolute Gasteiger partial charge is 0.235 e. The molecule has 1 heterocycles. The van der Waals surface area contributed by atoms with Crippen LogP contribution in [0.4, 0.5) is 0 Å². The van der Waals surface area contributed by atoms with Gasteiger partial charge >= 0.3 is 0 Å². The molecule has 0 aliphatic heterocycles. The molecule has 196 valence electrons. The molecule has 1 aromatic rings. The summed E-state index contributed by atoms with van der Waals surface area (Å²) in [7, 11) is 0. The Hall–Kier alpha value is -1.90. The second kappa shape index (κ2) is 18.4. The second-order valence-electron chi connectivity index (χ2n) is 9.46. The Morgan fingerprint density at radius 1 is 0.765 bits per heavy atom. The summed E-state index contributed by atoms with van der Waals surface area (Å²) in [4.78, 5) is 31.6. The van der Waals surface area contributed by atoms with Crippen LogP contribution in [-0.2, 0) is 15.0 Å². The van der Waals surface area contributed by atoms with Crippen LogP contribution in [0.3, 0.4) is 0 Å². The van der Waals surface area contributed by atoms with E-state index >= 15 is 0 Å². The lowest BCUT2D eigenvalue weighted by Gasteiger charge is -2.37. The minimum Gasteiger partial charge on any atom is -0.370 e. The molecule has 1 atom stereocenters. The summed E-state index contributed by atoms with van der Waals surface area (Å²) >= 11 is 0. The zero-order valence-electron chi connectivity index (χ0n) is 21.2. The van der Waals surface area contributed by atoms with E-state index < -0.39 is 11.3 Å². The number of hydrogen-bond donors (Lipinski definition) is 5. The molecule has 34 heavy (non-hydrogen) atoms. The summed E-state index contributed by atoms with van der Waals surface area (Å²) in [5.74, 6) is -0.430. The molecule has 1 unspecified atom stereocenters. The van der Waals surface area contributed by atoms with Gasteiger partial charge in [-0.15, -0.1) is 0 Å². The molecule has 0 fully saturated rings. The van der Waals surface area contributed by atoms with E-state index in [1.54, 1.807) is 0 Å². The zero-order chi connectivity index (χ0) is 25.1. The summed E-state index contributed by atoms with van der Waals surface area (Å²) in [6.45, 7) is 3.44. The highest BCUT2D eigenvalue weighted by Gasteiger charge is 2.44. The molecule has 0 spiro atoms. The highest BCUT2D eigenvalue weighted by molar-refractivity contribution is 5.93. The SMILES string of the molecule is NCCCCCCN(CCCCCCN)C(=O)C(CCCCCCN)(CC(N)=O)c1ccc[nH]1. The van der Waals surface area contributed by atoms with Crippen LogP contribution < -0.4 is 22.9 Å². The van der Waals surface area contributed by atoms with Gasteiger partial charge in [0.25, 0.3) is 0 Å². The van der Waals surface area contributed by atoms with Crippen LogP contribution in [0.15, 0.2) is 18.3 Å². The number of aromatic nitrogens is 1. The minimum absolute atomic E-state index is 0.0140. The topological polar surface area (TPSA) is 157 Å². The van der Waals surface area contributed by atoms with Gasteiger partial charge in [0.15, 0.2) is 0 Å². The Morgan fingerprint density at radius 2 is 1.26 bits per heavy atom. The van der Waals surface area contributed by atoms with E-state index in [2.05, 4.69) is 4.98 Å². The summed E-state index contributed by atoms with van der Waals surface area (Å²) < 4.78 is 0. The number of H-pyrrole nitrogens is 1. The van der Waals surface area contributed by atoms with Gasteiger partial charge in [0.2, 0.25) is 11.8 Å². The molecule has 8 heteroatoms. The predicted octanol–water partition coefficient (Wildman–Crippen LogP) is 2.90. The van der Waals surface area contributed by atoms with Crippen LogP contribution in [0, 0.1) is 0 Å². The second-order valence-corrected chi connectivity index (χ2v) is 9.46. The van der Waals surface area contributed by atoms with Crippen LogP contribution in [0.2, 0.25) is 0 Å². The fourth-order valence-corrected chi connectivity index (χ4v) is 4.68. The van der Waals surface area contributed by atoms with Crippen molar-refractivity contribution >= 4 is 11.8 Å². The van der Waals surface area contributed by atoms with Crippen molar-refractivity contribution in [3.05, 3.63) is 24.0 Å². The number of nitrogens with one attached hydrogen (secondary N) is 1. The summed E-state index contributed by atoms with van der Waals surface area (Å²) in [5.41, 5.74) is 22.5. The molecule has 1 rings (SSSR count). The zero-order valence-corrected chi connectivity index (χ0v) is 21.2. The molecule has 0 aliphatic carbocycles. The van der Waals surface area contributed by atoms with Gasteiger partial charge in [-0.2, -0.15) is 0 Å². The van der Waals surface area contributed by atoms with Crippen LogP contribution >= 0.6 is 0 Å². The molecular formula is C26H50N6O2. The maximum atomic E-state index is 14.2. The van der Waals surface area contributed by atoms with Gasteiger partial charge in [0.1, 0.15) is 0 Å². The van der Waals surface area contributed by atoms with Crippen LogP contribution in [0.25, 0.3) is 0 Å². The van der Waals surface area contributed by atoms with Crippen molar-refractivity contribution in [2.45, 2.75) is 95.3 Å². The summed E-state index contributed by atoms with van der Waals surface area (Å²) in [5, 5.41) is 0. The van der Waals surface area contributed by atoms with Crippen molar-refractivity contribution < 1.29 is 9.59 Å². The first kappa shape index (κ1) is 30.1. The molecule has 0 aliphatic rings. The Morgan fingerprint density at radius 3 is 1.71 bits per heavy atom. The highest BCUT2D eigenvalue weighted by atomic mass is 16.2. The Bertz CT molecular complexity index is 638. The molecule has 0 radical (unpaired) electrons. The Balaban J connectivity index is 3.07. The normalized spacial score (nSPS) is 13.0. The number of hydrogen-bond acceptors (Lipinski definition) is 5. The number of carbonyl (C=O) groups is 2. The van der Waals surface area contributed by atoms with Crippen molar-refractivity contribution in [2.24, 2.45) is 22.9 Å². The number of nitrogens with zero attached hydrogens (tertiary/aromatic N) is 1. The largest absolute Gasteiger partial charge is 0.370 e. The summed E-state index contributed by atoms with van der Waals surface area (Å²) in [6, 6.07) is 3.80. The van der Waals surface area contributed by atoms with Crippen molar-refractivity contribution in [3.63, 3.8) is 0 Å². The number of primary amides is 1. The third kappa shape index (κ3) is 11.0. The van der Waals surface area contributed by atoms with E-state index in [1.165, 1.54) is 0 Å². The third-order valence-corrected chi connectivity index (χ3v) is 6.61. The number of amides is 2. The lowest BCUT2D eigenvalue weighted by atomic mass is 9.74. The van der Waals surface area contributed by atoms with Gasteiger partial charge in [-0.1, -0.05) is 44.9 Å². The van der Waals surface area contributed by atoms with Crippen molar-refractivity contribution in [2.75, 3.05) is 32.7 Å². The molecule has 0 aromatic carbocycles. The first-order chi connectivity index (χ1) is 16.5. The first-order valence-corrected chi connectivity index (χ1v) is 13.3. The summed E-state index contributed by atoms with van der Waals surface area (Å²) in [6.07, 6.45) is 14.3. The molecule has 0 saturated heterocycles. The first-order valence-electron chi connectivity index (χ1n) is 13.3. The lowest BCUT2D eigenvalue weighted by Crippen LogP contribution is -2.50. The van der Waals surface area contributed by atoms with Crippen molar-refractivity contribution in [1.29, 1.82) is 0 Å². The average molecular weight is 479 g/mol. The Labute approximate surface area is 206 Å². The average Bonchev–Trinajstić information content (AvgIpc) is 3.36. The van der Waals surface area contributed by atoms with E-state index in [0.717, 1.165) is 82.7 Å². The van der Waals surface area contributed by atoms with Gasteiger partial charge in [0.05, 0.1) is 5.41 Å². The number of rotatable bonds is 22. The van der Waals surface area contributed by atoms with Gasteiger partial charge in [-0.3, -0.25) is 9.59 Å². The van der Waals surface area contributed by atoms with E-state index in [4.69, 9.17) is 22.9 Å². The van der Waals surface area contributed by atoms with Crippen LogP contribution in [-0.4, -0.2) is 54.4 Å². The van der Waals surface area contributed by atoms with Crippen molar-refractivity contribution in [3.8, 4) is 0 Å². The van der Waals surface area contributed by atoms with Crippen LogP contribution in [0.5, 0.6) is 0 Å². The van der Waals surface area contributed by atoms with Crippen LogP contribution in [0.1, 0.15) is 95.6 Å². The third-order valence-electron chi connectivity index (χ3n) is 6.61. The van der Waals surface area contributed by atoms with Gasteiger partial charge in [-0.25, -0.2) is 0 Å². The molecule has 1 aromatic heterocycles. The van der Waals surface area contributed by atoms with E-state index in [9.17, 15) is 9.59 Å². The van der Waals surface area contributed by atoms with Gasteiger partial charge < -0.3 is 32.8 Å². The maximum Gasteiger partial charge on any atom is 0.235 e. The Kier molecular flexibility index (Phi) is 16.3. The molecule has 0 bridgehead atoms. The lowest BCUT2D eigenvalue weighted by molar-refractivity contribution is -0.141. The highest BCUT2D eigenvalue weighted by Crippen LogP contribution is 2.35. The predicted molar refractivity (Wildman–Crippen MR) is 140 cm³/mol. The molecule has 0 saturated carbocycles. The minimum atomic E-state index is -0.952. The van der Waals surface area contributed by atoms with E-state index in [0.29, 0.717) is 39.1 Å². The van der Waals surface area contributed by atoms with E-state index in [-0.39, 0.29) is 12.3 Å². The van der Waals surface area contributed by atoms with Gasteiger partial charge in [-0.05, 0) is 70.3 Å². The quantitative estimate of drug-likeness (QED) is 0.162. The van der Waals surface area contributed by atoms with Crippen molar-refractivity contribution in [1.82, 2.24) is 9.88 Å². The monoisotopic (exact) mass is 478 g/mol. The molecule has 8 nitrogen and oxygen atoms in total. The number of carbonyl (C=O) groups excluding carboxylic acids is 2. The molecular weight excluding hydrogens is 428 g/mol. The molecule has 2 amide bonds. The fourth-order valence-electron chi connectivity index (χ4n) is 4.68. The fraction of sp³-hybridized carbons (Fsp3) is 0.769. The molecule has 9 N–H and O–H groups in total. The van der Waals surface area contributed by atoms with Gasteiger partial charge in [0, 0.05) is 31.4 Å². The maximum absolute atomic E-state index is 14.2. The number of unbranched alkanes of at least 4 members (excludes halogenated alkanes) is 9. The van der Waals surface area contributed by atoms with E-state index in [1.807, 2.05) is 23.2 Å². The number of nitrogens with two attached hydrogens (primary N) is 4.